The van der Waals surface area contributed by atoms with Gasteiger partial charge in [-0.05, 0) is 19.9 Å². The molecule has 3 aromatic rings. The average Bonchev–Trinajstić information content (AvgIpc) is 3.29. The van der Waals surface area contributed by atoms with Gasteiger partial charge in [-0.1, -0.05) is 28.6 Å². The normalized spacial score (nSPS) is 15.7. The van der Waals surface area contributed by atoms with Crippen LogP contribution in [0.1, 0.15) is 39.2 Å². The van der Waals surface area contributed by atoms with E-state index in [9.17, 15) is 4.79 Å². The lowest BCUT2D eigenvalue weighted by molar-refractivity contribution is 0.0924. The fourth-order valence-electron chi connectivity index (χ4n) is 2.87. The van der Waals surface area contributed by atoms with E-state index in [2.05, 4.69) is 20.8 Å². The highest BCUT2D eigenvalue weighted by Gasteiger charge is 2.27. The zero-order chi connectivity index (χ0) is 17.4. The molecule has 128 valence electrons. The number of carbonyl (C=O) groups excluding carboxylic acids is 1. The van der Waals surface area contributed by atoms with Crippen molar-refractivity contribution >= 4 is 5.91 Å². The molecule has 2 aromatic heterocycles. The summed E-state index contributed by atoms with van der Waals surface area (Å²) in [7, 11) is 0. The van der Waals surface area contributed by atoms with E-state index in [1.54, 1.807) is 11.6 Å². The Labute approximate surface area is 143 Å². The second-order valence-corrected chi connectivity index (χ2v) is 5.99. The Hall–Kier alpha value is -3.16. The van der Waals surface area contributed by atoms with E-state index in [1.165, 1.54) is 0 Å². The number of nitrogens with zero attached hydrogens (tertiary/aromatic N) is 4. The lowest BCUT2D eigenvalue weighted by Gasteiger charge is -2.10. The zero-order valence-corrected chi connectivity index (χ0v) is 13.9. The molecule has 0 bridgehead atoms. The van der Waals surface area contributed by atoms with E-state index in [4.69, 9.17) is 9.26 Å². The van der Waals surface area contributed by atoms with E-state index < -0.39 is 0 Å². The van der Waals surface area contributed by atoms with Gasteiger partial charge in [0.2, 0.25) is 0 Å². The van der Waals surface area contributed by atoms with Crippen LogP contribution in [0.25, 0.3) is 0 Å². The van der Waals surface area contributed by atoms with E-state index in [0.29, 0.717) is 30.3 Å². The Balaban J connectivity index is 1.50. The molecule has 1 amide bonds. The lowest BCUT2D eigenvalue weighted by atomic mass is 10.1. The first-order valence-corrected chi connectivity index (χ1v) is 7.96. The van der Waals surface area contributed by atoms with Gasteiger partial charge in [-0.15, -0.1) is 5.10 Å². The molecule has 0 unspecified atom stereocenters. The third-order valence-corrected chi connectivity index (χ3v) is 4.19. The maximum Gasteiger partial charge on any atom is 0.274 e. The third-order valence-electron chi connectivity index (χ3n) is 4.19. The molecule has 0 spiro atoms. The minimum atomic E-state index is -0.275. The van der Waals surface area contributed by atoms with Gasteiger partial charge in [0.15, 0.2) is 11.5 Å². The van der Waals surface area contributed by atoms with Crippen LogP contribution in [-0.4, -0.2) is 32.7 Å². The molecule has 0 radical (unpaired) electrons. The van der Waals surface area contributed by atoms with Crippen molar-refractivity contribution in [2.24, 2.45) is 0 Å². The van der Waals surface area contributed by atoms with Gasteiger partial charge in [-0.3, -0.25) is 4.79 Å². The van der Waals surface area contributed by atoms with Crippen LogP contribution in [0.4, 0.5) is 0 Å². The number of fused-ring (bicyclic) bond motifs is 1. The van der Waals surface area contributed by atoms with Crippen LogP contribution in [-0.2, 0) is 6.54 Å². The topological polar surface area (TPSA) is 95.1 Å². The number of nitrogens with one attached hydrogen (secondary N) is 1. The Morgan fingerprint density at radius 3 is 3.00 bits per heavy atom. The van der Waals surface area contributed by atoms with Gasteiger partial charge in [0.05, 0.1) is 17.4 Å². The van der Waals surface area contributed by atoms with Crippen LogP contribution in [0.3, 0.4) is 0 Å². The molecule has 25 heavy (non-hydrogen) atoms. The molecule has 0 fully saturated rings. The fourth-order valence-corrected chi connectivity index (χ4v) is 2.87. The number of aromatic nitrogens is 4. The largest absolute Gasteiger partial charge is 0.491 e. The number of amides is 1. The van der Waals surface area contributed by atoms with E-state index in [1.807, 2.05) is 37.3 Å². The smallest absolute Gasteiger partial charge is 0.274 e. The Morgan fingerprint density at radius 2 is 2.20 bits per heavy atom. The summed E-state index contributed by atoms with van der Waals surface area (Å²) in [6, 6.07) is 9.31. The molecular formula is C17H17N5O3. The van der Waals surface area contributed by atoms with Crippen molar-refractivity contribution in [2.75, 3.05) is 6.61 Å². The van der Waals surface area contributed by atoms with Gasteiger partial charge >= 0.3 is 0 Å². The Bertz CT molecular complexity index is 930. The van der Waals surface area contributed by atoms with Crippen LogP contribution in [0, 0.1) is 13.8 Å². The number of carbonyl (C=O) groups is 1. The molecule has 0 saturated heterocycles. The summed E-state index contributed by atoms with van der Waals surface area (Å²) in [5.41, 5.74) is 2.73. The van der Waals surface area contributed by atoms with Gasteiger partial charge in [0.25, 0.3) is 5.91 Å². The first kappa shape index (κ1) is 15.4. The third kappa shape index (κ3) is 2.86. The Kier molecular flexibility index (Phi) is 3.72. The fraction of sp³-hybridized carbons (Fsp3) is 0.294. The van der Waals surface area contributed by atoms with Crippen LogP contribution in [0.5, 0.6) is 5.75 Å². The summed E-state index contributed by atoms with van der Waals surface area (Å²) in [5.74, 6) is 1.19. The maximum atomic E-state index is 12.6. The molecule has 1 aliphatic heterocycles. The molecule has 0 saturated carbocycles. The lowest BCUT2D eigenvalue weighted by Crippen LogP contribution is -2.30. The quantitative estimate of drug-likeness (QED) is 0.779. The van der Waals surface area contributed by atoms with Crippen LogP contribution in [0.2, 0.25) is 0 Å². The summed E-state index contributed by atoms with van der Waals surface area (Å²) in [4.78, 5) is 12.6. The molecule has 1 aliphatic rings. The zero-order valence-electron chi connectivity index (χ0n) is 13.9. The molecular weight excluding hydrogens is 322 g/mol. The van der Waals surface area contributed by atoms with E-state index >= 15 is 0 Å². The van der Waals surface area contributed by atoms with Gasteiger partial charge in [-0.25, -0.2) is 4.68 Å². The molecule has 1 aromatic carbocycles. The minimum Gasteiger partial charge on any atom is -0.491 e. The van der Waals surface area contributed by atoms with E-state index in [0.717, 1.165) is 17.0 Å². The standard InChI is InChI=1S/C17H17N5O3/c1-10-7-12(25-20-10)8-22-11(2)16(19-21-22)17(23)18-14-9-24-15-6-4-3-5-13(14)15/h3-7,14H,8-9H2,1-2H3,(H,18,23)/t14-/m0/s1. The van der Waals surface area contributed by atoms with Crippen molar-refractivity contribution in [3.05, 3.63) is 58.7 Å². The molecule has 8 nitrogen and oxygen atoms in total. The van der Waals surface area contributed by atoms with Crippen molar-refractivity contribution in [1.29, 1.82) is 0 Å². The van der Waals surface area contributed by atoms with Gasteiger partial charge < -0.3 is 14.6 Å². The number of ether oxygens (including phenoxy) is 1. The monoisotopic (exact) mass is 339 g/mol. The number of benzene rings is 1. The number of para-hydroxylation sites is 1. The van der Waals surface area contributed by atoms with Crippen molar-refractivity contribution < 1.29 is 14.1 Å². The molecule has 1 atom stereocenters. The summed E-state index contributed by atoms with van der Waals surface area (Å²) in [6.07, 6.45) is 0. The van der Waals surface area contributed by atoms with Crippen LogP contribution in [0.15, 0.2) is 34.9 Å². The summed E-state index contributed by atoms with van der Waals surface area (Å²) < 4.78 is 12.4. The highest BCUT2D eigenvalue weighted by molar-refractivity contribution is 5.93. The number of hydrogen-bond donors (Lipinski definition) is 1. The van der Waals surface area contributed by atoms with Gasteiger partial charge in [0.1, 0.15) is 18.9 Å². The maximum absolute atomic E-state index is 12.6. The Morgan fingerprint density at radius 1 is 1.36 bits per heavy atom. The van der Waals surface area contributed by atoms with Crippen molar-refractivity contribution in [3.8, 4) is 5.75 Å². The van der Waals surface area contributed by atoms with Crippen molar-refractivity contribution in [2.45, 2.75) is 26.4 Å². The summed E-state index contributed by atoms with van der Waals surface area (Å²) >= 11 is 0. The number of aryl methyl sites for hydroxylation is 1. The predicted molar refractivity (Wildman–Crippen MR) is 87.2 cm³/mol. The van der Waals surface area contributed by atoms with E-state index in [-0.39, 0.29) is 11.9 Å². The average molecular weight is 339 g/mol. The molecule has 0 aliphatic carbocycles. The predicted octanol–water partition coefficient (Wildman–Crippen LogP) is 1.79. The first-order chi connectivity index (χ1) is 12.1. The highest BCUT2D eigenvalue weighted by Crippen LogP contribution is 2.31. The molecule has 3 heterocycles. The van der Waals surface area contributed by atoms with Crippen molar-refractivity contribution in [3.63, 3.8) is 0 Å². The van der Waals surface area contributed by atoms with Gasteiger partial charge in [-0.2, -0.15) is 0 Å². The first-order valence-electron chi connectivity index (χ1n) is 7.96. The molecule has 4 rings (SSSR count). The highest BCUT2D eigenvalue weighted by atomic mass is 16.5. The summed E-state index contributed by atoms with van der Waals surface area (Å²) in [6.45, 7) is 4.44. The summed E-state index contributed by atoms with van der Waals surface area (Å²) in [5, 5.41) is 14.9. The SMILES string of the molecule is Cc1cc(Cn2nnc(C(=O)N[C@H]3COc4ccccc43)c2C)on1. The second-order valence-electron chi connectivity index (χ2n) is 5.99. The minimum absolute atomic E-state index is 0.190. The van der Waals surface area contributed by atoms with Crippen molar-refractivity contribution in [1.82, 2.24) is 25.5 Å². The molecule has 1 N–H and O–H groups in total. The second kappa shape index (κ2) is 6.04. The van der Waals surface area contributed by atoms with Crippen LogP contribution >= 0.6 is 0 Å². The number of hydrogen-bond acceptors (Lipinski definition) is 6. The van der Waals surface area contributed by atoms with Gasteiger partial charge in [0, 0.05) is 11.6 Å². The number of rotatable bonds is 4. The van der Waals surface area contributed by atoms with Crippen LogP contribution < -0.4 is 10.1 Å². The molecule has 8 heteroatoms.